The lowest BCUT2D eigenvalue weighted by molar-refractivity contribution is 0.0457. The van der Waals surface area contributed by atoms with E-state index in [-0.39, 0.29) is 17.1 Å². The van der Waals surface area contributed by atoms with E-state index in [0.29, 0.717) is 35.4 Å². The summed E-state index contributed by atoms with van der Waals surface area (Å²) in [6.45, 7) is 26.3. The summed E-state index contributed by atoms with van der Waals surface area (Å²) in [7, 11) is -3.92. The molecule has 6 heteroatoms. The topological polar surface area (TPSA) is 44.8 Å². The van der Waals surface area contributed by atoms with Gasteiger partial charge in [-0.05, 0) is 59.7 Å². The highest BCUT2D eigenvalue weighted by atomic mass is 28.4. The van der Waals surface area contributed by atoms with Crippen LogP contribution < -0.4 is 0 Å². The fourth-order valence-electron chi connectivity index (χ4n) is 4.52. The zero-order valence-electron chi connectivity index (χ0n) is 23.2. The average molecular weight is 495 g/mol. The molecule has 1 aromatic carbocycles. The third-order valence-corrected chi connectivity index (χ3v) is 18.1. The minimum atomic E-state index is -2.04. The summed E-state index contributed by atoms with van der Waals surface area (Å²) in [4.78, 5) is 12.3. The number of carbonyl (C=O) groups is 1. The normalized spacial score (nSPS) is 14.2. The number of hydrogen-bond acceptors (Lipinski definition) is 4. The number of rotatable bonds is 13. The van der Waals surface area contributed by atoms with Gasteiger partial charge in [0.15, 0.2) is 8.32 Å². The van der Waals surface area contributed by atoms with Crippen LogP contribution >= 0.6 is 0 Å². The summed E-state index contributed by atoms with van der Waals surface area (Å²) < 4.78 is 19.3. The molecule has 0 amide bonds. The first-order chi connectivity index (χ1) is 15.1. The van der Waals surface area contributed by atoms with Crippen LogP contribution in [-0.4, -0.2) is 41.9 Å². The van der Waals surface area contributed by atoms with Crippen molar-refractivity contribution in [3.63, 3.8) is 0 Å². The van der Waals surface area contributed by atoms with E-state index in [2.05, 4.69) is 75.4 Å². The fourth-order valence-corrected chi connectivity index (χ4v) is 11.1. The van der Waals surface area contributed by atoms with Gasteiger partial charge in [0.05, 0.1) is 24.9 Å². The molecule has 1 rings (SSSR count). The Bertz CT molecular complexity index is 687. The van der Waals surface area contributed by atoms with Crippen LogP contribution in [0.2, 0.25) is 34.8 Å². The maximum Gasteiger partial charge on any atom is 0.338 e. The molecule has 0 aliphatic heterocycles. The van der Waals surface area contributed by atoms with Crippen LogP contribution in [0.15, 0.2) is 30.3 Å². The van der Waals surface area contributed by atoms with Gasteiger partial charge >= 0.3 is 5.97 Å². The summed E-state index contributed by atoms with van der Waals surface area (Å²) >= 11 is 0. The van der Waals surface area contributed by atoms with Crippen molar-refractivity contribution >= 4 is 22.6 Å². The Hall–Kier alpha value is -0.956. The number of carbonyl (C=O) groups excluding carboxylic acids is 1. The maximum absolute atomic E-state index is 12.3. The Morgan fingerprint density at radius 2 is 1.42 bits per heavy atom. The summed E-state index contributed by atoms with van der Waals surface area (Å²) in [5.74, 6) is -0.263. The van der Waals surface area contributed by atoms with E-state index in [4.69, 9.17) is 13.6 Å². The van der Waals surface area contributed by atoms with Gasteiger partial charge in [-0.3, -0.25) is 0 Å². The molecule has 0 fully saturated rings. The first-order valence-corrected chi connectivity index (χ1v) is 17.7. The molecule has 1 unspecified atom stereocenters. The number of esters is 1. The minimum Gasteiger partial charge on any atom is -0.462 e. The van der Waals surface area contributed by atoms with E-state index in [1.54, 1.807) is 12.1 Å². The lowest BCUT2D eigenvalue weighted by Crippen LogP contribution is -2.52. The summed E-state index contributed by atoms with van der Waals surface area (Å²) in [6, 6.07) is 9.18. The van der Waals surface area contributed by atoms with Crippen molar-refractivity contribution in [3.05, 3.63) is 35.9 Å². The molecule has 0 aliphatic carbocycles. The van der Waals surface area contributed by atoms with Crippen molar-refractivity contribution in [2.24, 2.45) is 0 Å². The fraction of sp³-hybridized carbons (Fsp3) is 0.741. The SMILES string of the molecule is CC(C)[Si](OC(CCCOC(=O)c1ccccc1)CO[Si](C)(C)C(C)(C)C)(C(C)C)C(C)C. The highest BCUT2D eigenvalue weighted by Gasteiger charge is 2.47. The van der Waals surface area contributed by atoms with Crippen molar-refractivity contribution in [3.8, 4) is 0 Å². The van der Waals surface area contributed by atoms with Gasteiger partial charge in [0.25, 0.3) is 0 Å². The molecule has 0 spiro atoms. The zero-order valence-corrected chi connectivity index (χ0v) is 25.2. The summed E-state index contributed by atoms with van der Waals surface area (Å²) in [5, 5.41) is 0.158. The van der Waals surface area contributed by atoms with Crippen molar-refractivity contribution < 1.29 is 18.4 Å². The Labute approximate surface area is 206 Å². The van der Waals surface area contributed by atoms with Crippen LogP contribution in [0.1, 0.15) is 85.5 Å². The van der Waals surface area contributed by atoms with Crippen LogP contribution in [0.4, 0.5) is 0 Å². The molecule has 0 bridgehead atoms. The average Bonchev–Trinajstić information content (AvgIpc) is 2.71. The van der Waals surface area contributed by atoms with Crippen LogP contribution in [0.3, 0.4) is 0 Å². The first-order valence-electron chi connectivity index (χ1n) is 12.7. The van der Waals surface area contributed by atoms with Crippen molar-refractivity contribution in [2.75, 3.05) is 13.2 Å². The molecule has 0 radical (unpaired) electrons. The number of ether oxygens (including phenoxy) is 1. The molecular weight excluding hydrogens is 444 g/mol. The molecule has 0 heterocycles. The molecule has 1 atom stereocenters. The zero-order chi connectivity index (χ0) is 25.4. The van der Waals surface area contributed by atoms with Gasteiger partial charge in [-0.15, -0.1) is 0 Å². The van der Waals surface area contributed by atoms with Crippen LogP contribution in [0.5, 0.6) is 0 Å². The standard InChI is InChI=1S/C27H50O4Si2/c1-21(2)33(22(3)4,23(5)6)31-25(20-30-32(10,11)27(7,8)9)18-15-19-29-26(28)24-16-13-12-14-17-24/h12-14,16-17,21-23,25H,15,18-20H2,1-11H3. The largest absolute Gasteiger partial charge is 0.462 e. The second kappa shape index (κ2) is 12.7. The summed E-state index contributed by atoms with van der Waals surface area (Å²) in [6.07, 6.45) is 1.62. The third kappa shape index (κ3) is 8.34. The second-order valence-corrected chi connectivity index (χ2v) is 22.0. The van der Waals surface area contributed by atoms with Gasteiger partial charge in [0.1, 0.15) is 0 Å². The molecule has 0 N–H and O–H groups in total. The highest BCUT2D eigenvalue weighted by Crippen LogP contribution is 2.44. The molecular formula is C27H50O4Si2. The van der Waals surface area contributed by atoms with Gasteiger partial charge in [-0.2, -0.15) is 0 Å². The van der Waals surface area contributed by atoms with Crippen LogP contribution in [0.25, 0.3) is 0 Å². The molecule has 190 valence electrons. The van der Waals surface area contributed by atoms with E-state index < -0.39 is 16.6 Å². The molecule has 33 heavy (non-hydrogen) atoms. The van der Waals surface area contributed by atoms with E-state index >= 15 is 0 Å². The second-order valence-electron chi connectivity index (χ2n) is 11.8. The minimum absolute atomic E-state index is 0.0217. The lowest BCUT2D eigenvalue weighted by Gasteiger charge is -2.45. The van der Waals surface area contributed by atoms with Crippen molar-refractivity contribution in [1.82, 2.24) is 0 Å². The Morgan fingerprint density at radius 3 is 1.88 bits per heavy atom. The van der Waals surface area contributed by atoms with E-state index in [0.717, 1.165) is 12.8 Å². The highest BCUT2D eigenvalue weighted by molar-refractivity contribution is 6.77. The quantitative estimate of drug-likeness (QED) is 0.157. The van der Waals surface area contributed by atoms with E-state index in [1.165, 1.54) is 0 Å². The Kier molecular flexibility index (Phi) is 11.5. The monoisotopic (exact) mass is 494 g/mol. The van der Waals surface area contributed by atoms with Gasteiger partial charge in [0.2, 0.25) is 8.32 Å². The smallest absolute Gasteiger partial charge is 0.338 e. The van der Waals surface area contributed by atoms with Gasteiger partial charge < -0.3 is 13.6 Å². The molecule has 0 saturated heterocycles. The number of benzene rings is 1. The molecule has 0 saturated carbocycles. The first kappa shape index (κ1) is 30.1. The molecule has 1 aromatic rings. The van der Waals surface area contributed by atoms with Gasteiger partial charge in [0, 0.05) is 0 Å². The number of hydrogen-bond donors (Lipinski definition) is 0. The van der Waals surface area contributed by atoms with Crippen LogP contribution in [-0.2, 0) is 13.6 Å². The van der Waals surface area contributed by atoms with Crippen LogP contribution in [0, 0.1) is 0 Å². The van der Waals surface area contributed by atoms with Gasteiger partial charge in [-0.1, -0.05) is 80.5 Å². The predicted molar refractivity (Wildman–Crippen MR) is 145 cm³/mol. The van der Waals surface area contributed by atoms with E-state index in [1.807, 2.05) is 18.2 Å². The Balaban J connectivity index is 2.91. The summed E-state index contributed by atoms with van der Waals surface area (Å²) in [5.41, 5.74) is 2.15. The molecule has 0 aliphatic rings. The molecule has 4 nitrogen and oxygen atoms in total. The van der Waals surface area contributed by atoms with Gasteiger partial charge in [-0.25, -0.2) is 4.79 Å². The van der Waals surface area contributed by atoms with E-state index in [9.17, 15) is 4.79 Å². The maximum atomic E-state index is 12.3. The predicted octanol–water partition coefficient (Wildman–Crippen LogP) is 8.21. The van der Waals surface area contributed by atoms with Crippen molar-refractivity contribution in [2.45, 2.75) is 116 Å². The van der Waals surface area contributed by atoms with Crippen molar-refractivity contribution in [1.29, 1.82) is 0 Å². The Morgan fingerprint density at radius 1 is 0.909 bits per heavy atom. The lowest BCUT2D eigenvalue weighted by atomic mass is 10.2. The third-order valence-electron chi connectivity index (χ3n) is 7.43. The molecule has 0 aromatic heterocycles.